The van der Waals surface area contributed by atoms with Gasteiger partial charge in [0, 0.05) is 5.56 Å². The SMILES string of the molecule is COc1cc(-c2ccc(F)cc2)c(OC)c(OS(C)(=O)=O)c1-c1ccc(OCc2ccc(C)cc2)c(OS(C)(=O)=O)c1. The van der Waals surface area contributed by atoms with Crippen molar-refractivity contribution in [3.8, 4) is 51.0 Å². The summed E-state index contributed by atoms with van der Waals surface area (Å²) in [7, 11) is -5.40. The van der Waals surface area contributed by atoms with Crippen molar-refractivity contribution in [1.29, 1.82) is 0 Å². The molecule has 0 fully saturated rings. The maximum atomic E-state index is 13.6. The topological polar surface area (TPSA) is 114 Å². The molecule has 9 nitrogen and oxygen atoms in total. The van der Waals surface area contributed by atoms with Crippen LogP contribution in [0, 0.1) is 12.7 Å². The Morgan fingerprint density at radius 3 is 1.86 bits per heavy atom. The van der Waals surface area contributed by atoms with E-state index in [0.29, 0.717) is 11.1 Å². The van der Waals surface area contributed by atoms with E-state index in [1.165, 1.54) is 50.6 Å². The maximum Gasteiger partial charge on any atom is 0.306 e. The van der Waals surface area contributed by atoms with Crippen molar-refractivity contribution in [3.05, 3.63) is 89.7 Å². The highest BCUT2D eigenvalue weighted by Gasteiger charge is 2.27. The number of hydrogen-bond acceptors (Lipinski definition) is 9. The van der Waals surface area contributed by atoms with Crippen molar-refractivity contribution in [2.45, 2.75) is 13.5 Å². The summed E-state index contributed by atoms with van der Waals surface area (Å²) in [6.07, 6.45) is 1.76. The molecule has 0 aliphatic rings. The number of methoxy groups -OCH3 is 2. The Morgan fingerprint density at radius 1 is 0.667 bits per heavy atom. The normalized spacial score (nSPS) is 11.6. The van der Waals surface area contributed by atoms with Gasteiger partial charge in [-0.25, -0.2) is 4.39 Å². The average Bonchev–Trinajstić information content (AvgIpc) is 2.91. The summed E-state index contributed by atoms with van der Waals surface area (Å²) in [5, 5.41) is 0. The minimum atomic E-state index is -4.11. The molecule has 12 heteroatoms. The molecular weight excluding hydrogens is 587 g/mol. The molecule has 0 saturated heterocycles. The molecule has 4 aromatic carbocycles. The second-order valence-corrected chi connectivity index (χ2v) is 12.5. The third-order valence-corrected chi connectivity index (χ3v) is 6.95. The molecule has 0 amide bonds. The molecule has 0 aliphatic heterocycles. The van der Waals surface area contributed by atoms with E-state index in [2.05, 4.69) is 0 Å². The number of aryl methyl sites for hydroxylation is 1. The van der Waals surface area contributed by atoms with Gasteiger partial charge in [-0.05, 0) is 53.9 Å². The van der Waals surface area contributed by atoms with E-state index in [-0.39, 0.29) is 46.5 Å². The van der Waals surface area contributed by atoms with E-state index in [4.69, 9.17) is 22.6 Å². The lowest BCUT2D eigenvalue weighted by atomic mass is 9.96. The van der Waals surface area contributed by atoms with E-state index < -0.39 is 26.1 Å². The van der Waals surface area contributed by atoms with Crippen LogP contribution in [0.2, 0.25) is 0 Å². The van der Waals surface area contributed by atoms with Crippen LogP contribution < -0.4 is 22.6 Å². The highest BCUT2D eigenvalue weighted by molar-refractivity contribution is 7.86. The molecule has 0 heterocycles. The first-order valence-corrected chi connectivity index (χ1v) is 16.1. The van der Waals surface area contributed by atoms with Crippen molar-refractivity contribution in [1.82, 2.24) is 0 Å². The predicted molar refractivity (Wildman–Crippen MR) is 157 cm³/mol. The third-order valence-electron chi connectivity index (χ3n) is 6.00. The molecule has 222 valence electrons. The van der Waals surface area contributed by atoms with Crippen LogP contribution >= 0.6 is 0 Å². The smallest absolute Gasteiger partial charge is 0.306 e. The van der Waals surface area contributed by atoms with Crippen LogP contribution in [0.5, 0.6) is 28.7 Å². The Kier molecular flexibility index (Phi) is 8.97. The van der Waals surface area contributed by atoms with Crippen LogP contribution in [0.3, 0.4) is 0 Å². The Labute approximate surface area is 244 Å². The van der Waals surface area contributed by atoms with Gasteiger partial charge in [-0.1, -0.05) is 48.0 Å². The molecule has 0 atom stereocenters. The lowest BCUT2D eigenvalue weighted by molar-refractivity contribution is 0.296. The van der Waals surface area contributed by atoms with E-state index in [1.807, 2.05) is 31.2 Å². The summed E-state index contributed by atoms with van der Waals surface area (Å²) in [4.78, 5) is 0. The summed E-state index contributed by atoms with van der Waals surface area (Å²) in [5.74, 6) is -0.518. The number of rotatable bonds is 11. The quantitative estimate of drug-likeness (QED) is 0.195. The average molecular weight is 617 g/mol. The Balaban J connectivity index is 1.92. The summed E-state index contributed by atoms with van der Waals surface area (Å²) in [5.41, 5.74) is 3.19. The number of halogens is 1. The molecule has 0 aliphatic carbocycles. The zero-order valence-corrected chi connectivity index (χ0v) is 25.1. The second-order valence-electron chi connectivity index (χ2n) is 9.38. The first kappa shape index (κ1) is 30.7. The molecule has 4 rings (SSSR count). The molecule has 0 spiro atoms. The van der Waals surface area contributed by atoms with Gasteiger partial charge in [-0.2, -0.15) is 16.8 Å². The van der Waals surface area contributed by atoms with Gasteiger partial charge in [0.2, 0.25) is 0 Å². The number of hydrogen-bond donors (Lipinski definition) is 0. The Bertz CT molecular complexity index is 1800. The highest BCUT2D eigenvalue weighted by atomic mass is 32.2. The lowest BCUT2D eigenvalue weighted by Crippen LogP contribution is -2.10. The second kappa shape index (κ2) is 12.3. The molecule has 0 aromatic heterocycles. The number of benzene rings is 4. The van der Waals surface area contributed by atoms with Crippen LogP contribution in [-0.4, -0.2) is 43.6 Å². The van der Waals surface area contributed by atoms with Crippen molar-refractivity contribution in [2.24, 2.45) is 0 Å². The standard InChI is InChI=1S/C30H29FO9S2/c1-19-6-8-20(9-7-19)18-38-25-15-12-22(16-26(25)39-41(4,32)33)28-27(36-2)17-24(21-10-13-23(31)14-11-21)29(37-3)30(28)40-42(5,34)35/h6-17H,18H2,1-5H3. The minimum Gasteiger partial charge on any atom is -0.496 e. The predicted octanol–water partition coefficient (Wildman–Crippen LogP) is 5.74. The zero-order valence-electron chi connectivity index (χ0n) is 23.5. The van der Waals surface area contributed by atoms with Crippen LogP contribution in [0.4, 0.5) is 4.39 Å². The summed E-state index contributed by atoms with van der Waals surface area (Å²) < 4.78 is 90.6. The van der Waals surface area contributed by atoms with E-state index >= 15 is 0 Å². The zero-order chi connectivity index (χ0) is 30.7. The molecule has 0 bridgehead atoms. The van der Waals surface area contributed by atoms with Gasteiger partial charge < -0.3 is 22.6 Å². The molecule has 0 unspecified atom stereocenters. The van der Waals surface area contributed by atoms with Gasteiger partial charge in [0.15, 0.2) is 23.0 Å². The van der Waals surface area contributed by atoms with Gasteiger partial charge in [-0.15, -0.1) is 0 Å². The van der Waals surface area contributed by atoms with Crippen molar-refractivity contribution >= 4 is 20.2 Å². The van der Waals surface area contributed by atoms with E-state index in [1.54, 1.807) is 12.1 Å². The van der Waals surface area contributed by atoms with Crippen molar-refractivity contribution < 1.29 is 43.8 Å². The van der Waals surface area contributed by atoms with Gasteiger partial charge >= 0.3 is 20.2 Å². The molecular formula is C30H29FO9S2. The molecule has 0 radical (unpaired) electrons. The first-order valence-electron chi connectivity index (χ1n) is 12.4. The highest BCUT2D eigenvalue weighted by Crippen LogP contribution is 2.51. The Hall–Kier alpha value is -4.29. The van der Waals surface area contributed by atoms with E-state index in [0.717, 1.165) is 23.6 Å². The van der Waals surface area contributed by atoms with Crippen LogP contribution in [0.25, 0.3) is 22.3 Å². The minimum absolute atomic E-state index is 0.0214. The monoisotopic (exact) mass is 616 g/mol. The maximum absolute atomic E-state index is 13.6. The largest absolute Gasteiger partial charge is 0.496 e. The molecule has 4 aromatic rings. The molecule has 0 N–H and O–H groups in total. The van der Waals surface area contributed by atoms with Crippen molar-refractivity contribution in [3.63, 3.8) is 0 Å². The lowest BCUT2D eigenvalue weighted by Gasteiger charge is -2.21. The Morgan fingerprint density at radius 2 is 1.29 bits per heavy atom. The fourth-order valence-corrected chi connectivity index (χ4v) is 5.10. The number of ether oxygens (including phenoxy) is 3. The molecule has 42 heavy (non-hydrogen) atoms. The third kappa shape index (κ3) is 7.51. The van der Waals surface area contributed by atoms with Crippen LogP contribution in [0.15, 0.2) is 72.8 Å². The van der Waals surface area contributed by atoms with Gasteiger partial charge in [-0.3, -0.25) is 0 Å². The van der Waals surface area contributed by atoms with Crippen molar-refractivity contribution in [2.75, 3.05) is 26.7 Å². The van der Waals surface area contributed by atoms with Gasteiger partial charge in [0.05, 0.1) is 32.3 Å². The van der Waals surface area contributed by atoms with Gasteiger partial charge in [0.25, 0.3) is 0 Å². The van der Waals surface area contributed by atoms with Crippen LogP contribution in [0.1, 0.15) is 11.1 Å². The summed E-state index contributed by atoms with van der Waals surface area (Å²) >= 11 is 0. The summed E-state index contributed by atoms with van der Waals surface area (Å²) in [6, 6.07) is 19.1. The molecule has 0 saturated carbocycles. The first-order chi connectivity index (χ1) is 19.8. The van der Waals surface area contributed by atoms with Crippen LogP contribution in [-0.2, 0) is 26.8 Å². The fraction of sp³-hybridized carbons (Fsp3) is 0.200. The summed E-state index contributed by atoms with van der Waals surface area (Å²) in [6.45, 7) is 2.09. The fourth-order valence-electron chi connectivity index (χ4n) is 4.18. The van der Waals surface area contributed by atoms with Gasteiger partial charge in [0.1, 0.15) is 18.2 Å². The van der Waals surface area contributed by atoms with E-state index in [9.17, 15) is 21.2 Å².